The molecule has 0 N–H and O–H groups in total. The zero-order valence-electron chi connectivity index (χ0n) is 12.6. The zero-order valence-corrected chi connectivity index (χ0v) is 12.6. The minimum Gasteiger partial charge on any atom is -0.459 e. The quantitative estimate of drug-likeness (QED) is 0.655. The van der Waals surface area contributed by atoms with Crippen LogP contribution in [-0.2, 0) is 9.53 Å². The van der Waals surface area contributed by atoms with Crippen LogP contribution in [-0.4, -0.2) is 11.6 Å². The van der Waals surface area contributed by atoms with E-state index in [2.05, 4.69) is 6.92 Å². The summed E-state index contributed by atoms with van der Waals surface area (Å²) < 4.78 is 5.75. The molecule has 102 valence electrons. The number of carbonyl (C=O) groups is 1. The van der Waals surface area contributed by atoms with E-state index in [1.807, 2.05) is 34.6 Å². The maximum atomic E-state index is 11.9. The van der Waals surface area contributed by atoms with Gasteiger partial charge in [-0.1, -0.05) is 27.2 Å². The number of carbonyl (C=O) groups excluding carboxylic acids is 1. The topological polar surface area (TPSA) is 26.3 Å². The Balaban J connectivity index is 0.00000121. The number of hydrogen-bond donors (Lipinski definition) is 0. The van der Waals surface area contributed by atoms with Crippen molar-refractivity contribution in [3.05, 3.63) is 0 Å². The molecule has 1 aliphatic rings. The lowest BCUT2D eigenvalue weighted by Gasteiger charge is -2.37. The number of rotatable bonds is 2. The van der Waals surface area contributed by atoms with Gasteiger partial charge in [-0.25, -0.2) is 0 Å². The molecular weight excluding hydrogens is 212 g/mol. The van der Waals surface area contributed by atoms with Crippen molar-refractivity contribution in [3.8, 4) is 0 Å². The fourth-order valence-electron chi connectivity index (χ4n) is 2.07. The Morgan fingerprint density at radius 1 is 1.12 bits per heavy atom. The van der Waals surface area contributed by atoms with Crippen molar-refractivity contribution < 1.29 is 9.53 Å². The van der Waals surface area contributed by atoms with Gasteiger partial charge >= 0.3 is 5.97 Å². The molecule has 17 heavy (non-hydrogen) atoms. The van der Waals surface area contributed by atoms with Gasteiger partial charge in [0.2, 0.25) is 0 Å². The molecule has 0 aliphatic heterocycles. The molecule has 0 amide bonds. The molecule has 1 rings (SSSR count). The summed E-state index contributed by atoms with van der Waals surface area (Å²) in [6, 6.07) is 0. The third-order valence-corrected chi connectivity index (χ3v) is 3.33. The van der Waals surface area contributed by atoms with Gasteiger partial charge in [0.25, 0.3) is 0 Å². The van der Waals surface area contributed by atoms with E-state index in [0.29, 0.717) is 0 Å². The smallest absolute Gasteiger partial charge is 0.311 e. The molecule has 0 heterocycles. The molecule has 0 bridgehead atoms. The van der Waals surface area contributed by atoms with Crippen molar-refractivity contribution in [2.24, 2.45) is 5.41 Å². The van der Waals surface area contributed by atoms with Crippen molar-refractivity contribution in [2.75, 3.05) is 0 Å². The summed E-state index contributed by atoms with van der Waals surface area (Å²) in [6.07, 6.45) is 6.73. The number of ether oxygens (including phenoxy) is 1. The van der Waals surface area contributed by atoms with Crippen molar-refractivity contribution in [2.45, 2.75) is 85.7 Å². The van der Waals surface area contributed by atoms with Gasteiger partial charge in [-0.2, -0.15) is 0 Å². The summed E-state index contributed by atoms with van der Waals surface area (Å²) in [6.45, 7) is 11.9. The first-order chi connectivity index (χ1) is 7.90. The Bertz CT molecular complexity index is 220. The van der Waals surface area contributed by atoms with E-state index >= 15 is 0 Å². The minimum absolute atomic E-state index is 0.0498. The predicted molar refractivity (Wildman–Crippen MR) is 73.0 cm³/mol. The molecule has 2 heteroatoms. The molecule has 2 nitrogen and oxygen atoms in total. The zero-order chi connectivity index (χ0) is 13.5. The predicted octanol–water partition coefficient (Wildman–Crippen LogP) is 4.71. The van der Waals surface area contributed by atoms with Crippen LogP contribution in [0.3, 0.4) is 0 Å². The molecule has 0 radical (unpaired) electrons. The SMILES string of the molecule is CC.CCC1(OC(=O)C(C)(C)C)CCCCC1. The van der Waals surface area contributed by atoms with Gasteiger partial charge in [0.15, 0.2) is 0 Å². The average molecular weight is 242 g/mol. The summed E-state index contributed by atoms with van der Waals surface area (Å²) in [5.74, 6) is -0.0498. The van der Waals surface area contributed by atoms with E-state index in [0.717, 1.165) is 19.3 Å². The molecule has 0 aromatic heterocycles. The Morgan fingerprint density at radius 3 is 1.94 bits per heavy atom. The maximum Gasteiger partial charge on any atom is 0.311 e. The fraction of sp³-hybridized carbons (Fsp3) is 0.933. The van der Waals surface area contributed by atoms with Gasteiger partial charge in [-0.05, 0) is 52.9 Å². The third-order valence-electron chi connectivity index (χ3n) is 3.33. The lowest BCUT2D eigenvalue weighted by atomic mass is 9.82. The largest absolute Gasteiger partial charge is 0.459 e. The highest BCUT2D eigenvalue weighted by molar-refractivity contribution is 5.75. The number of esters is 1. The van der Waals surface area contributed by atoms with E-state index in [1.165, 1.54) is 19.3 Å². The van der Waals surface area contributed by atoms with Crippen LogP contribution in [0.25, 0.3) is 0 Å². The van der Waals surface area contributed by atoms with E-state index in [-0.39, 0.29) is 17.0 Å². The Hall–Kier alpha value is -0.530. The van der Waals surface area contributed by atoms with Crippen LogP contribution >= 0.6 is 0 Å². The second-order valence-electron chi connectivity index (χ2n) is 5.74. The fourth-order valence-corrected chi connectivity index (χ4v) is 2.07. The minimum atomic E-state index is -0.375. The second kappa shape index (κ2) is 7.03. The standard InChI is InChI=1S/C13H24O2.C2H6/c1-5-13(9-7-6-8-10-13)15-11(14)12(2,3)4;1-2/h5-10H2,1-4H3;1-2H3. The van der Waals surface area contributed by atoms with Crippen LogP contribution in [0.1, 0.15) is 80.1 Å². The van der Waals surface area contributed by atoms with E-state index in [1.54, 1.807) is 0 Å². The van der Waals surface area contributed by atoms with Crippen LogP contribution in [0.5, 0.6) is 0 Å². The molecule has 1 aliphatic carbocycles. The summed E-state index contributed by atoms with van der Waals surface area (Å²) in [5.41, 5.74) is -0.526. The average Bonchev–Trinajstić information content (AvgIpc) is 2.31. The molecular formula is C15H30O2. The summed E-state index contributed by atoms with van der Waals surface area (Å²) >= 11 is 0. The molecule has 1 saturated carbocycles. The van der Waals surface area contributed by atoms with Crippen molar-refractivity contribution >= 4 is 5.97 Å². The molecule has 0 saturated heterocycles. The lowest BCUT2D eigenvalue weighted by Crippen LogP contribution is -2.40. The van der Waals surface area contributed by atoms with E-state index in [4.69, 9.17) is 4.74 Å². The Morgan fingerprint density at radius 2 is 1.59 bits per heavy atom. The lowest BCUT2D eigenvalue weighted by molar-refractivity contribution is -0.173. The molecule has 0 spiro atoms. The first kappa shape index (κ1) is 16.5. The molecule has 1 fully saturated rings. The van der Waals surface area contributed by atoms with Crippen molar-refractivity contribution in [1.82, 2.24) is 0 Å². The van der Waals surface area contributed by atoms with Gasteiger partial charge in [0, 0.05) is 0 Å². The normalized spacial score (nSPS) is 18.9. The maximum absolute atomic E-state index is 11.9. The van der Waals surface area contributed by atoms with Gasteiger partial charge in [0.05, 0.1) is 5.41 Å². The van der Waals surface area contributed by atoms with Crippen LogP contribution in [0.4, 0.5) is 0 Å². The van der Waals surface area contributed by atoms with Gasteiger partial charge in [0.1, 0.15) is 5.60 Å². The van der Waals surface area contributed by atoms with Gasteiger partial charge in [-0.15, -0.1) is 0 Å². The van der Waals surface area contributed by atoms with Crippen molar-refractivity contribution in [3.63, 3.8) is 0 Å². The van der Waals surface area contributed by atoms with Crippen molar-refractivity contribution in [1.29, 1.82) is 0 Å². The summed E-state index contributed by atoms with van der Waals surface area (Å²) in [4.78, 5) is 11.9. The Kier molecular flexibility index (Phi) is 6.81. The summed E-state index contributed by atoms with van der Waals surface area (Å²) in [5, 5.41) is 0. The molecule has 0 aromatic rings. The van der Waals surface area contributed by atoms with E-state index < -0.39 is 0 Å². The van der Waals surface area contributed by atoms with Gasteiger partial charge < -0.3 is 4.74 Å². The molecule has 0 unspecified atom stereocenters. The first-order valence-electron chi connectivity index (χ1n) is 7.13. The second-order valence-corrected chi connectivity index (χ2v) is 5.74. The molecule has 0 aromatic carbocycles. The van der Waals surface area contributed by atoms with E-state index in [9.17, 15) is 4.79 Å². The highest BCUT2D eigenvalue weighted by Crippen LogP contribution is 2.36. The highest BCUT2D eigenvalue weighted by Gasteiger charge is 2.37. The number of hydrogen-bond acceptors (Lipinski definition) is 2. The van der Waals surface area contributed by atoms with Crippen LogP contribution in [0, 0.1) is 5.41 Å². The summed E-state index contributed by atoms with van der Waals surface area (Å²) in [7, 11) is 0. The Labute approximate surface area is 107 Å². The molecule has 0 atom stereocenters. The first-order valence-corrected chi connectivity index (χ1v) is 7.13. The highest BCUT2D eigenvalue weighted by atomic mass is 16.6. The third kappa shape index (κ3) is 5.10. The van der Waals surface area contributed by atoms with Crippen LogP contribution < -0.4 is 0 Å². The van der Waals surface area contributed by atoms with Crippen LogP contribution in [0.2, 0.25) is 0 Å². The van der Waals surface area contributed by atoms with Gasteiger partial charge in [-0.3, -0.25) is 4.79 Å². The van der Waals surface area contributed by atoms with Crippen LogP contribution in [0.15, 0.2) is 0 Å². The monoisotopic (exact) mass is 242 g/mol.